The second kappa shape index (κ2) is 13.2. The van der Waals surface area contributed by atoms with E-state index in [2.05, 4.69) is 32.8 Å². The zero-order chi connectivity index (χ0) is 21.8. The van der Waals surface area contributed by atoms with Crippen LogP contribution in [-0.4, -0.2) is 47.2 Å². The van der Waals surface area contributed by atoms with E-state index in [1.165, 1.54) is 11.8 Å². The molecule has 0 atom stereocenters. The monoisotopic (exact) mass is 449 g/mol. The number of anilines is 1. The lowest BCUT2D eigenvalue weighted by Gasteiger charge is -2.12. The third kappa shape index (κ3) is 8.69. The molecule has 9 heteroatoms. The highest BCUT2D eigenvalue weighted by Crippen LogP contribution is 2.21. The number of amides is 2. The average Bonchev–Trinajstić information content (AvgIpc) is 2.74. The van der Waals surface area contributed by atoms with Gasteiger partial charge in [0.25, 0.3) is 5.91 Å². The summed E-state index contributed by atoms with van der Waals surface area (Å²) in [6.07, 6.45) is 6.53. The number of carbonyl (C=O) groups is 2. The number of carbonyl (C=O) groups excluding carboxylic acids is 2. The summed E-state index contributed by atoms with van der Waals surface area (Å²) in [7, 11) is 0. The molecule has 3 N–H and O–H groups in total. The minimum Gasteiger partial charge on any atom is -0.352 e. The van der Waals surface area contributed by atoms with Crippen molar-refractivity contribution < 1.29 is 9.59 Å². The molecule has 0 saturated carbocycles. The molecule has 0 bridgehead atoms. The second-order valence-corrected chi connectivity index (χ2v) is 8.16. The molecule has 1 heterocycles. The number of hydrogen-bond donors (Lipinski definition) is 3. The van der Waals surface area contributed by atoms with Gasteiger partial charge in [-0.1, -0.05) is 36.7 Å². The second-order valence-electron chi connectivity index (χ2n) is 6.78. The summed E-state index contributed by atoms with van der Waals surface area (Å²) in [5, 5.41) is 9.95. The molecule has 0 aliphatic carbocycles. The lowest BCUT2D eigenvalue weighted by atomic mass is 10.1. The van der Waals surface area contributed by atoms with Crippen LogP contribution in [0.1, 0.15) is 42.1 Å². The van der Waals surface area contributed by atoms with E-state index in [0.29, 0.717) is 28.0 Å². The lowest BCUT2D eigenvalue weighted by molar-refractivity contribution is -0.113. The van der Waals surface area contributed by atoms with Crippen molar-refractivity contribution in [2.24, 2.45) is 0 Å². The zero-order valence-corrected chi connectivity index (χ0v) is 18.9. The molecule has 0 saturated heterocycles. The molecule has 0 aliphatic heterocycles. The predicted molar refractivity (Wildman–Crippen MR) is 122 cm³/mol. The van der Waals surface area contributed by atoms with E-state index in [9.17, 15) is 9.59 Å². The van der Waals surface area contributed by atoms with Gasteiger partial charge in [-0.05, 0) is 56.6 Å². The highest BCUT2D eigenvalue weighted by atomic mass is 35.5. The van der Waals surface area contributed by atoms with Gasteiger partial charge in [-0.15, -0.1) is 0 Å². The van der Waals surface area contributed by atoms with Crippen LogP contribution in [-0.2, 0) is 4.79 Å². The van der Waals surface area contributed by atoms with Crippen molar-refractivity contribution in [2.45, 2.75) is 38.3 Å². The Morgan fingerprint density at radius 2 is 1.83 bits per heavy atom. The summed E-state index contributed by atoms with van der Waals surface area (Å²) < 4.78 is 0. The molecular formula is C21H28ClN5O2S. The van der Waals surface area contributed by atoms with Gasteiger partial charge in [0.05, 0.1) is 17.0 Å². The molecule has 0 fully saturated rings. The Morgan fingerprint density at radius 1 is 1.10 bits per heavy atom. The molecular weight excluding hydrogens is 422 g/mol. The van der Waals surface area contributed by atoms with E-state index in [0.717, 1.165) is 37.9 Å². The molecule has 1 aromatic carbocycles. The first-order valence-electron chi connectivity index (χ1n) is 9.99. The van der Waals surface area contributed by atoms with Crippen LogP contribution in [0, 0.1) is 6.92 Å². The van der Waals surface area contributed by atoms with Gasteiger partial charge in [-0.25, -0.2) is 9.97 Å². The SMILES string of the molecule is CCCCNCCCNC(=O)c1cc(Cl)ccc1NC(=O)CSc1ncc(C)cn1. The maximum atomic E-state index is 12.6. The Kier molecular flexibility index (Phi) is 10.6. The first-order chi connectivity index (χ1) is 14.5. The molecule has 162 valence electrons. The summed E-state index contributed by atoms with van der Waals surface area (Å²) in [5.41, 5.74) is 1.72. The fraction of sp³-hybridized carbons (Fsp3) is 0.429. The molecule has 0 unspecified atom stereocenters. The first-order valence-corrected chi connectivity index (χ1v) is 11.4. The Bertz CT molecular complexity index is 833. The minimum atomic E-state index is -0.268. The van der Waals surface area contributed by atoms with Gasteiger partial charge in [-0.2, -0.15) is 0 Å². The van der Waals surface area contributed by atoms with Gasteiger partial charge >= 0.3 is 0 Å². The van der Waals surface area contributed by atoms with Crippen LogP contribution >= 0.6 is 23.4 Å². The number of nitrogens with zero attached hydrogens (tertiary/aromatic N) is 2. The fourth-order valence-electron chi connectivity index (χ4n) is 2.52. The smallest absolute Gasteiger partial charge is 0.253 e. The summed E-state index contributed by atoms with van der Waals surface area (Å²) in [5.74, 6) is -0.382. The zero-order valence-electron chi connectivity index (χ0n) is 17.3. The topological polar surface area (TPSA) is 96.0 Å². The molecule has 2 amide bonds. The molecule has 2 rings (SSSR count). The third-order valence-electron chi connectivity index (χ3n) is 4.11. The number of hydrogen-bond acceptors (Lipinski definition) is 6. The maximum Gasteiger partial charge on any atom is 0.253 e. The van der Waals surface area contributed by atoms with Crippen LogP contribution in [0.5, 0.6) is 0 Å². The molecule has 7 nitrogen and oxygen atoms in total. The van der Waals surface area contributed by atoms with Gasteiger partial charge in [0.15, 0.2) is 5.16 Å². The van der Waals surface area contributed by atoms with Crippen molar-refractivity contribution >= 4 is 40.9 Å². The molecule has 30 heavy (non-hydrogen) atoms. The summed E-state index contributed by atoms with van der Waals surface area (Å²) in [6, 6.07) is 4.83. The van der Waals surface area contributed by atoms with Crippen molar-refractivity contribution in [3.8, 4) is 0 Å². The van der Waals surface area contributed by atoms with E-state index >= 15 is 0 Å². The van der Waals surface area contributed by atoms with Crippen molar-refractivity contribution in [2.75, 3.05) is 30.7 Å². The van der Waals surface area contributed by atoms with Crippen molar-refractivity contribution in [3.63, 3.8) is 0 Å². The molecule has 0 spiro atoms. The highest BCUT2D eigenvalue weighted by Gasteiger charge is 2.14. The minimum absolute atomic E-state index is 0.135. The quantitative estimate of drug-likeness (QED) is 0.260. The lowest BCUT2D eigenvalue weighted by Crippen LogP contribution is -2.28. The van der Waals surface area contributed by atoms with E-state index in [1.54, 1.807) is 30.6 Å². The summed E-state index contributed by atoms with van der Waals surface area (Å²) >= 11 is 7.29. The van der Waals surface area contributed by atoms with Crippen LogP contribution in [0.4, 0.5) is 5.69 Å². The number of aromatic nitrogens is 2. The Morgan fingerprint density at radius 3 is 2.57 bits per heavy atom. The molecule has 1 aromatic heterocycles. The number of aryl methyl sites for hydroxylation is 1. The number of thioether (sulfide) groups is 1. The largest absolute Gasteiger partial charge is 0.352 e. The number of nitrogens with one attached hydrogen (secondary N) is 3. The van der Waals surface area contributed by atoms with Crippen LogP contribution in [0.2, 0.25) is 5.02 Å². The molecule has 0 aliphatic rings. The van der Waals surface area contributed by atoms with Crippen molar-refractivity contribution in [1.29, 1.82) is 0 Å². The molecule has 2 aromatic rings. The van der Waals surface area contributed by atoms with Gasteiger partial charge in [0, 0.05) is 24.0 Å². The van der Waals surface area contributed by atoms with E-state index in [1.807, 2.05) is 6.92 Å². The third-order valence-corrected chi connectivity index (χ3v) is 5.22. The Labute approximate surface area is 186 Å². The number of benzene rings is 1. The Balaban J connectivity index is 1.86. The number of unbranched alkanes of at least 4 members (excludes halogenated alkanes) is 1. The van der Waals surface area contributed by atoms with E-state index < -0.39 is 0 Å². The van der Waals surface area contributed by atoms with Gasteiger partial charge in [0.1, 0.15) is 0 Å². The normalized spacial score (nSPS) is 10.6. The van der Waals surface area contributed by atoms with Gasteiger partial charge in [-0.3, -0.25) is 9.59 Å². The van der Waals surface area contributed by atoms with Crippen LogP contribution in [0.15, 0.2) is 35.7 Å². The average molecular weight is 450 g/mol. The van der Waals surface area contributed by atoms with Gasteiger partial charge < -0.3 is 16.0 Å². The van der Waals surface area contributed by atoms with Crippen molar-refractivity contribution in [3.05, 3.63) is 46.7 Å². The Hall–Kier alpha value is -2.16. The number of halogens is 1. The predicted octanol–water partition coefficient (Wildman–Crippen LogP) is 3.68. The first kappa shape index (κ1) is 24.1. The maximum absolute atomic E-state index is 12.6. The van der Waals surface area contributed by atoms with Crippen LogP contribution < -0.4 is 16.0 Å². The van der Waals surface area contributed by atoms with Crippen LogP contribution in [0.25, 0.3) is 0 Å². The van der Waals surface area contributed by atoms with Gasteiger partial charge in [0.2, 0.25) is 5.91 Å². The molecule has 0 radical (unpaired) electrons. The number of rotatable bonds is 12. The summed E-state index contributed by atoms with van der Waals surface area (Å²) in [6.45, 7) is 6.42. The van der Waals surface area contributed by atoms with Crippen LogP contribution in [0.3, 0.4) is 0 Å². The van der Waals surface area contributed by atoms with E-state index in [4.69, 9.17) is 11.6 Å². The highest BCUT2D eigenvalue weighted by molar-refractivity contribution is 7.99. The van der Waals surface area contributed by atoms with Crippen molar-refractivity contribution in [1.82, 2.24) is 20.6 Å². The van der Waals surface area contributed by atoms with E-state index in [-0.39, 0.29) is 17.6 Å². The fourth-order valence-corrected chi connectivity index (χ4v) is 3.28. The standard InChI is InChI=1S/C21H28ClN5O2S/c1-3-4-8-23-9-5-10-24-20(29)17-11-16(22)6-7-18(17)27-19(28)14-30-21-25-12-15(2)13-26-21/h6-7,11-13,23H,3-5,8-10,14H2,1-2H3,(H,24,29)(H,27,28). The summed E-state index contributed by atoms with van der Waals surface area (Å²) in [4.78, 5) is 33.2.